The van der Waals surface area contributed by atoms with Crippen molar-refractivity contribution in [3.63, 3.8) is 0 Å². The molecule has 160 valence electrons. The Bertz CT molecular complexity index is 1360. The zero-order valence-corrected chi connectivity index (χ0v) is 16.5. The van der Waals surface area contributed by atoms with Crippen LogP contribution in [-0.4, -0.2) is 17.0 Å². The minimum Gasteiger partial charge on any atom is -0.478 e. The lowest BCUT2D eigenvalue weighted by Crippen LogP contribution is -2.30. The van der Waals surface area contributed by atoms with E-state index in [0.717, 1.165) is 6.07 Å². The van der Waals surface area contributed by atoms with Crippen molar-refractivity contribution in [2.45, 2.75) is 13.0 Å². The number of nitriles is 1. The zero-order chi connectivity index (χ0) is 22.8. The molecule has 4 aromatic rings. The number of nitrogens with zero attached hydrogens (tertiary/aromatic N) is 2. The van der Waals surface area contributed by atoms with Crippen LogP contribution in [0.3, 0.4) is 0 Å². The molecule has 3 aromatic carbocycles. The fraction of sp³-hybridized carbons (Fsp3) is 0.0870. The third-order valence-corrected chi connectivity index (χ3v) is 4.59. The van der Waals surface area contributed by atoms with Crippen molar-refractivity contribution in [1.29, 1.82) is 5.26 Å². The molecule has 0 bridgehead atoms. The van der Waals surface area contributed by atoms with Gasteiger partial charge in [-0.2, -0.15) is 9.65 Å². The Balaban J connectivity index is 1.49. The first-order valence-corrected chi connectivity index (χ1v) is 9.38. The van der Waals surface area contributed by atoms with Crippen LogP contribution in [0.15, 0.2) is 59.0 Å². The number of hydrogen-bond donors (Lipinski definition) is 1. The Labute approximate surface area is 179 Å². The van der Waals surface area contributed by atoms with Crippen LogP contribution in [0.5, 0.6) is 5.75 Å². The Morgan fingerprint density at radius 2 is 1.84 bits per heavy atom. The Morgan fingerprint density at radius 3 is 2.56 bits per heavy atom. The van der Waals surface area contributed by atoms with Crippen molar-refractivity contribution in [3.05, 3.63) is 77.6 Å². The summed E-state index contributed by atoms with van der Waals surface area (Å²) in [6.45, 7) is 1.34. The molecule has 6 nitrogen and oxygen atoms in total. The van der Waals surface area contributed by atoms with E-state index in [4.69, 9.17) is 14.4 Å². The third-order valence-electron chi connectivity index (χ3n) is 4.59. The smallest absolute Gasteiger partial charge is 0.265 e. The largest absolute Gasteiger partial charge is 0.478 e. The Hall–Kier alpha value is -4.32. The standard InChI is InChI=1S/C23H14F3N3O3/c1-12(31-19-9-7-16(24)20(25)21(19)26)22(30)28-15-6-8-18-17(10-15)29-23(32-18)14-4-2-13(11-27)3-5-14/h2-10,12H,1H3,(H,28,30)/t12-/m0/s1. The molecule has 0 aliphatic rings. The van der Waals surface area contributed by atoms with Crippen molar-refractivity contribution in [3.8, 4) is 23.3 Å². The van der Waals surface area contributed by atoms with Crippen molar-refractivity contribution < 1.29 is 27.1 Å². The lowest BCUT2D eigenvalue weighted by atomic mass is 10.1. The quantitative estimate of drug-likeness (QED) is 0.434. The second kappa shape index (κ2) is 8.43. The van der Waals surface area contributed by atoms with E-state index in [1.54, 1.807) is 42.5 Å². The number of aromatic nitrogens is 1. The molecule has 4 rings (SSSR count). The van der Waals surface area contributed by atoms with Gasteiger partial charge in [0, 0.05) is 11.3 Å². The number of carbonyl (C=O) groups is 1. The van der Waals surface area contributed by atoms with Crippen molar-refractivity contribution in [2.24, 2.45) is 0 Å². The second-order valence-electron chi connectivity index (χ2n) is 6.81. The van der Waals surface area contributed by atoms with Gasteiger partial charge >= 0.3 is 0 Å². The number of benzene rings is 3. The molecule has 1 amide bonds. The molecule has 0 aliphatic heterocycles. The van der Waals surface area contributed by atoms with E-state index in [1.165, 1.54) is 6.92 Å². The van der Waals surface area contributed by atoms with Gasteiger partial charge in [-0.15, -0.1) is 0 Å². The molecular weight excluding hydrogens is 423 g/mol. The van der Waals surface area contributed by atoms with Gasteiger partial charge in [-0.25, -0.2) is 13.8 Å². The highest BCUT2D eigenvalue weighted by Gasteiger charge is 2.21. The molecule has 1 atom stereocenters. The minimum atomic E-state index is -1.68. The Kier molecular flexibility index (Phi) is 5.52. The first-order chi connectivity index (χ1) is 15.4. The van der Waals surface area contributed by atoms with E-state index >= 15 is 0 Å². The molecule has 0 fully saturated rings. The molecule has 1 aromatic heterocycles. The number of halogens is 3. The molecule has 32 heavy (non-hydrogen) atoms. The first-order valence-electron chi connectivity index (χ1n) is 9.38. The summed E-state index contributed by atoms with van der Waals surface area (Å²) < 4.78 is 51.0. The van der Waals surface area contributed by atoms with E-state index in [0.29, 0.717) is 39.9 Å². The summed E-state index contributed by atoms with van der Waals surface area (Å²) in [6.07, 6.45) is -1.20. The number of nitrogens with one attached hydrogen (secondary N) is 1. The van der Waals surface area contributed by atoms with Crippen LogP contribution in [0.25, 0.3) is 22.6 Å². The first kappa shape index (κ1) is 20.9. The summed E-state index contributed by atoms with van der Waals surface area (Å²) in [6, 6.07) is 15.1. The van der Waals surface area contributed by atoms with Gasteiger partial charge in [0.05, 0.1) is 11.6 Å². The summed E-state index contributed by atoms with van der Waals surface area (Å²) in [7, 11) is 0. The number of hydrogen-bond acceptors (Lipinski definition) is 5. The van der Waals surface area contributed by atoms with Crippen molar-refractivity contribution in [2.75, 3.05) is 5.32 Å². The minimum absolute atomic E-state index is 0.346. The van der Waals surface area contributed by atoms with Gasteiger partial charge in [-0.1, -0.05) is 0 Å². The number of rotatable bonds is 5. The van der Waals surface area contributed by atoms with E-state index < -0.39 is 35.2 Å². The zero-order valence-electron chi connectivity index (χ0n) is 16.5. The van der Waals surface area contributed by atoms with Gasteiger partial charge in [0.15, 0.2) is 29.1 Å². The number of carbonyl (C=O) groups excluding carboxylic acids is 1. The van der Waals surface area contributed by atoms with Gasteiger partial charge in [0.1, 0.15) is 5.52 Å². The lowest BCUT2D eigenvalue weighted by molar-refractivity contribution is -0.122. The summed E-state index contributed by atoms with van der Waals surface area (Å²) in [4.78, 5) is 16.8. The maximum Gasteiger partial charge on any atom is 0.265 e. The van der Waals surface area contributed by atoms with Crippen LogP contribution in [0.2, 0.25) is 0 Å². The van der Waals surface area contributed by atoms with E-state index in [-0.39, 0.29) is 0 Å². The topological polar surface area (TPSA) is 88.1 Å². The van der Waals surface area contributed by atoms with Crippen LogP contribution in [0, 0.1) is 28.8 Å². The average Bonchev–Trinajstić information content (AvgIpc) is 3.23. The van der Waals surface area contributed by atoms with Gasteiger partial charge in [-0.3, -0.25) is 4.79 Å². The molecule has 0 unspecified atom stereocenters. The molecular formula is C23H14F3N3O3. The van der Waals surface area contributed by atoms with Crippen molar-refractivity contribution in [1.82, 2.24) is 4.98 Å². The van der Waals surface area contributed by atoms with E-state index in [2.05, 4.69) is 10.3 Å². The maximum absolute atomic E-state index is 13.8. The van der Waals surface area contributed by atoms with Gasteiger partial charge in [-0.05, 0) is 61.5 Å². The Morgan fingerprint density at radius 1 is 1.09 bits per heavy atom. The van der Waals surface area contributed by atoms with Crippen LogP contribution in [0.1, 0.15) is 12.5 Å². The molecule has 0 aliphatic carbocycles. The fourth-order valence-corrected chi connectivity index (χ4v) is 2.90. The molecule has 0 spiro atoms. The van der Waals surface area contributed by atoms with E-state index in [1.807, 2.05) is 6.07 Å². The average molecular weight is 437 g/mol. The molecule has 0 radical (unpaired) electrons. The molecule has 1 heterocycles. The van der Waals surface area contributed by atoms with Crippen molar-refractivity contribution >= 4 is 22.7 Å². The van der Waals surface area contributed by atoms with E-state index in [9.17, 15) is 18.0 Å². The number of fused-ring (bicyclic) bond motifs is 1. The highest BCUT2D eigenvalue weighted by atomic mass is 19.2. The van der Waals surface area contributed by atoms with Gasteiger partial charge in [0.25, 0.3) is 5.91 Å². The van der Waals surface area contributed by atoms with Crippen LogP contribution in [-0.2, 0) is 4.79 Å². The number of anilines is 1. The molecule has 0 saturated carbocycles. The number of ether oxygens (including phenoxy) is 1. The highest BCUT2D eigenvalue weighted by molar-refractivity contribution is 5.95. The molecule has 0 saturated heterocycles. The predicted molar refractivity (Wildman–Crippen MR) is 109 cm³/mol. The number of oxazole rings is 1. The fourth-order valence-electron chi connectivity index (χ4n) is 2.90. The summed E-state index contributed by atoms with van der Waals surface area (Å²) in [5.41, 5.74) is 2.53. The summed E-state index contributed by atoms with van der Waals surface area (Å²) in [5.74, 6) is -5.41. The molecule has 9 heteroatoms. The molecule has 1 N–H and O–H groups in total. The summed E-state index contributed by atoms with van der Waals surface area (Å²) >= 11 is 0. The lowest BCUT2D eigenvalue weighted by Gasteiger charge is -2.15. The SMILES string of the molecule is C[C@H](Oc1ccc(F)c(F)c1F)C(=O)Nc1ccc2oc(-c3ccc(C#N)cc3)nc2c1. The summed E-state index contributed by atoms with van der Waals surface area (Å²) in [5, 5.41) is 11.5. The second-order valence-corrected chi connectivity index (χ2v) is 6.81. The normalized spacial score (nSPS) is 11.7. The number of amides is 1. The third kappa shape index (κ3) is 4.11. The monoisotopic (exact) mass is 437 g/mol. The maximum atomic E-state index is 13.8. The van der Waals surface area contributed by atoms with Gasteiger partial charge in [0.2, 0.25) is 11.7 Å². The van der Waals surface area contributed by atoms with Gasteiger partial charge < -0.3 is 14.5 Å². The highest BCUT2D eigenvalue weighted by Crippen LogP contribution is 2.27. The van der Waals surface area contributed by atoms with Crippen LogP contribution < -0.4 is 10.1 Å². The van der Waals surface area contributed by atoms with Crippen LogP contribution in [0.4, 0.5) is 18.9 Å². The predicted octanol–water partition coefficient (Wildman–Crippen LogP) is 5.19. The van der Waals surface area contributed by atoms with Crippen LogP contribution >= 0.6 is 0 Å².